The Labute approximate surface area is 110 Å². The average molecular weight is 257 g/mol. The van der Waals surface area contributed by atoms with E-state index in [9.17, 15) is 0 Å². The zero-order valence-electron chi connectivity index (χ0n) is 13.3. The molecule has 0 aromatic carbocycles. The Morgan fingerprint density at radius 3 is 1.94 bits per heavy atom. The van der Waals surface area contributed by atoms with E-state index in [1.807, 2.05) is 0 Å². The lowest BCUT2D eigenvalue weighted by molar-refractivity contribution is 0.210. The molecule has 0 N–H and O–H groups in total. The van der Waals surface area contributed by atoms with E-state index >= 15 is 0 Å². The highest BCUT2D eigenvalue weighted by atomic mass is 31.2. The second kappa shape index (κ2) is 5.20. The van der Waals surface area contributed by atoms with Gasteiger partial charge in [-0.05, 0) is 36.5 Å². The van der Waals surface area contributed by atoms with Crippen molar-refractivity contribution in [2.24, 2.45) is 10.8 Å². The molecule has 17 heavy (non-hydrogen) atoms. The molecule has 1 saturated carbocycles. The summed E-state index contributed by atoms with van der Waals surface area (Å²) in [6, 6.07) is 0. The van der Waals surface area contributed by atoms with Gasteiger partial charge >= 0.3 is 0 Å². The fourth-order valence-electron chi connectivity index (χ4n) is 3.70. The Kier molecular flexibility index (Phi) is 4.74. The molecule has 0 spiro atoms. The van der Waals surface area contributed by atoms with Crippen LogP contribution in [0.2, 0.25) is 0 Å². The van der Waals surface area contributed by atoms with Crippen LogP contribution in [-0.2, 0) is 0 Å². The maximum atomic E-state index is 2.61. The van der Waals surface area contributed by atoms with Gasteiger partial charge in [0.05, 0.1) is 11.8 Å². The molecule has 0 unspecified atom stereocenters. The van der Waals surface area contributed by atoms with Crippen LogP contribution in [0.25, 0.3) is 0 Å². The van der Waals surface area contributed by atoms with Gasteiger partial charge in [0.25, 0.3) is 0 Å². The third kappa shape index (κ3) is 4.55. The summed E-state index contributed by atoms with van der Waals surface area (Å²) in [7, 11) is -0.706. The first kappa shape index (κ1) is 15.5. The van der Waals surface area contributed by atoms with Crippen molar-refractivity contribution < 1.29 is 0 Å². The monoisotopic (exact) mass is 257 g/mol. The van der Waals surface area contributed by atoms with Crippen LogP contribution in [0, 0.1) is 10.8 Å². The van der Waals surface area contributed by atoms with Crippen molar-refractivity contribution in [3.8, 4) is 0 Å². The van der Waals surface area contributed by atoms with Crippen molar-refractivity contribution in [1.82, 2.24) is 0 Å². The van der Waals surface area contributed by atoms with E-state index in [1.165, 1.54) is 38.3 Å². The predicted molar refractivity (Wildman–Crippen MR) is 83.7 cm³/mol. The van der Waals surface area contributed by atoms with E-state index in [2.05, 4.69) is 47.9 Å². The third-order valence-corrected chi connectivity index (χ3v) is 9.14. The summed E-state index contributed by atoms with van der Waals surface area (Å²) < 4.78 is 0. The summed E-state index contributed by atoms with van der Waals surface area (Å²) in [5.41, 5.74) is 2.24. The molecule has 0 nitrogen and oxygen atoms in total. The summed E-state index contributed by atoms with van der Waals surface area (Å²) in [5, 5.41) is 0. The van der Waals surface area contributed by atoms with Crippen LogP contribution in [0.1, 0.15) is 66.7 Å². The maximum absolute atomic E-state index is 2.61. The van der Waals surface area contributed by atoms with Gasteiger partial charge in [-0.3, -0.25) is 0 Å². The lowest BCUT2D eigenvalue weighted by Crippen LogP contribution is -2.30. The highest BCUT2D eigenvalue weighted by Gasteiger charge is 2.43. The first-order valence-corrected chi connectivity index (χ1v) is 10.3. The Hall–Kier alpha value is 0.430. The minimum Gasteiger partial charge on any atom is -0.0649 e. The fourth-order valence-corrected chi connectivity index (χ4v) is 8.06. The molecule has 0 bridgehead atoms. The molecule has 0 aromatic rings. The van der Waals surface area contributed by atoms with Crippen LogP contribution in [0.15, 0.2) is 0 Å². The summed E-state index contributed by atoms with van der Waals surface area (Å²) >= 11 is 0. The van der Waals surface area contributed by atoms with Gasteiger partial charge in [0.1, 0.15) is 0 Å². The predicted octanol–water partition coefficient (Wildman–Crippen LogP) is 5.67. The normalized spacial score (nSPS) is 31.6. The van der Waals surface area contributed by atoms with Crippen LogP contribution in [0.3, 0.4) is 0 Å². The molecule has 0 aromatic heterocycles. The topological polar surface area (TPSA) is 0 Å². The van der Waals surface area contributed by atoms with Crippen molar-refractivity contribution in [2.45, 2.75) is 72.4 Å². The summed E-state index contributed by atoms with van der Waals surface area (Å²) in [4.78, 5) is 0. The first-order chi connectivity index (χ1) is 7.58. The molecule has 0 atom stereocenters. The van der Waals surface area contributed by atoms with E-state index in [-0.39, 0.29) is 0 Å². The van der Waals surface area contributed by atoms with Crippen molar-refractivity contribution in [2.75, 3.05) is 19.5 Å². The standard InChI is InChI=1S/C16H34P/c1-8-16(5)11-9-14(10-12-16)17(6,7)13-15(2,3)4/h14H,8-13H2,1-7H3/q+1. The second-order valence-corrected chi connectivity index (χ2v) is 13.0. The van der Waals surface area contributed by atoms with Gasteiger partial charge in [-0.15, -0.1) is 0 Å². The third-order valence-electron chi connectivity index (χ3n) is 4.89. The summed E-state index contributed by atoms with van der Waals surface area (Å²) in [5.74, 6) is 0. The molecule has 1 heteroatoms. The van der Waals surface area contributed by atoms with Gasteiger partial charge in [-0.2, -0.15) is 0 Å². The van der Waals surface area contributed by atoms with Gasteiger partial charge in [0, 0.05) is 20.6 Å². The van der Waals surface area contributed by atoms with Crippen LogP contribution in [-0.4, -0.2) is 25.2 Å². The highest BCUT2D eigenvalue weighted by Crippen LogP contribution is 2.64. The smallest absolute Gasteiger partial charge is 0.0649 e. The van der Waals surface area contributed by atoms with Gasteiger partial charge < -0.3 is 0 Å². The molecule has 0 heterocycles. The number of hydrogen-bond acceptors (Lipinski definition) is 0. The molecule has 0 radical (unpaired) electrons. The van der Waals surface area contributed by atoms with E-state index < -0.39 is 7.26 Å². The molecule has 0 saturated heterocycles. The summed E-state index contributed by atoms with van der Waals surface area (Å²) in [6.45, 7) is 17.3. The van der Waals surface area contributed by atoms with E-state index in [0.717, 1.165) is 5.66 Å². The second-order valence-electron chi connectivity index (χ2n) is 8.39. The SMILES string of the molecule is CCC1(C)CCC([P+](C)(C)CC(C)(C)C)CC1. The van der Waals surface area contributed by atoms with Crippen molar-refractivity contribution in [3.63, 3.8) is 0 Å². The molecule has 102 valence electrons. The van der Waals surface area contributed by atoms with Gasteiger partial charge in [-0.1, -0.05) is 41.0 Å². The molecule has 1 rings (SSSR count). The largest absolute Gasteiger partial charge is 0.0693 e. The summed E-state index contributed by atoms with van der Waals surface area (Å²) in [6.07, 6.45) is 8.79. The molecular weight excluding hydrogens is 223 g/mol. The fraction of sp³-hybridized carbons (Fsp3) is 1.00. The van der Waals surface area contributed by atoms with E-state index in [1.54, 1.807) is 0 Å². The number of rotatable bonds is 3. The molecule has 0 amide bonds. The zero-order valence-corrected chi connectivity index (χ0v) is 14.2. The van der Waals surface area contributed by atoms with Gasteiger partial charge in [0.15, 0.2) is 0 Å². The van der Waals surface area contributed by atoms with Crippen molar-refractivity contribution in [1.29, 1.82) is 0 Å². The minimum absolute atomic E-state index is 0.517. The van der Waals surface area contributed by atoms with Crippen LogP contribution >= 0.6 is 7.26 Å². The Morgan fingerprint density at radius 2 is 1.59 bits per heavy atom. The van der Waals surface area contributed by atoms with Crippen molar-refractivity contribution >= 4 is 7.26 Å². The lowest BCUT2D eigenvalue weighted by atomic mass is 9.74. The quantitative estimate of drug-likeness (QED) is 0.571. The number of hydrogen-bond donors (Lipinski definition) is 0. The first-order valence-electron chi connectivity index (χ1n) is 7.41. The Balaban J connectivity index is 2.58. The Morgan fingerprint density at radius 1 is 1.12 bits per heavy atom. The molecule has 1 aliphatic rings. The van der Waals surface area contributed by atoms with Gasteiger partial charge in [-0.25, -0.2) is 0 Å². The maximum Gasteiger partial charge on any atom is 0.0693 e. The van der Waals surface area contributed by atoms with E-state index in [0.29, 0.717) is 10.8 Å². The minimum atomic E-state index is -0.706. The van der Waals surface area contributed by atoms with Crippen LogP contribution in [0.4, 0.5) is 0 Å². The molecule has 1 aliphatic carbocycles. The van der Waals surface area contributed by atoms with Crippen LogP contribution in [0.5, 0.6) is 0 Å². The molecule has 0 aliphatic heterocycles. The van der Waals surface area contributed by atoms with Gasteiger partial charge in [0.2, 0.25) is 0 Å². The Bertz CT molecular complexity index is 239. The van der Waals surface area contributed by atoms with E-state index in [4.69, 9.17) is 0 Å². The molecular formula is C16H34P+. The molecule has 1 fully saturated rings. The highest BCUT2D eigenvalue weighted by molar-refractivity contribution is 7.75. The average Bonchev–Trinajstić information content (AvgIpc) is 2.15. The van der Waals surface area contributed by atoms with Crippen molar-refractivity contribution in [3.05, 3.63) is 0 Å². The zero-order chi connectivity index (χ0) is 13.3. The lowest BCUT2D eigenvalue weighted by Gasteiger charge is -2.41. The van der Waals surface area contributed by atoms with Crippen LogP contribution < -0.4 is 0 Å².